The molecule has 0 spiro atoms. The summed E-state index contributed by atoms with van der Waals surface area (Å²) in [6, 6.07) is 14.3. The zero-order valence-electron chi connectivity index (χ0n) is 13.2. The first-order chi connectivity index (χ1) is 11.2. The van der Waals surface area contributed by atoms with Gasteiger partial charge in [-0.3, -0.25) is 9.48 Å². The lowest BCUT2D eigenvalue weighted by atomic mass is 10.0. The molecule has 1 aliphatic rings. The largest absolute Gasteiger partial charge is 0.310 e. The number of hydrogen-bond donors (Lipinski definition) is 1. The first-order valence-corrected chi connectivity index (χ1v) is 8.03. The summed E-state index contributed by atoms with van der Waals surface area (Å²) in [6.07, 6.45) is 3.53. The average Bonchev–Trinajstić information content (AvgIpc) is 3.11. The van der Waals surface area contributed by atoms with Crippen LogP contribution < -0.4 is 5.32 Å². The van der Waals surface area contributed by atoms with Gasteiger partial charge in [0.25, 0.3) is 0 Å². The van der Waals surface area contributed by atoms with E-state index in [9.17, 15) is 4.79 Å². The van der Waals surface area contributed by atoms with Crippen molar-refractivity contribution in [1.29, 1.82) is 0 Å². The van der Waals surface area contributed by atoms with Gasteiger partial charge in [0.15, 0.2) is 0 Å². The predicted octanol–water partition coefficient (Wildman–Crippen LogP) is 3.24. The Labute approximate surface area is 135 Å². The van der Waals surface area contributed by atoms with Crippen molar-refractivity contribution >= 4 is 22.5 Å². The van der Waals surface area contributed by atoms with Crippen molar-refractivity contribution in [2.45, 2.75) is 25.7 Å². The second kappa shape index (κ2) is 5.54. The van der Waals surface area contributed by atoms with E-state index < -0.39 is 0 Å². The van der Waals surface area contributed by atoms with Crippen LogP contribution in [0.2, 0.25) is 0 Å². The van der Waals surface area contributed by atoms with E-state index in [4.69, 9.17) is 0 Å². The molecule has 0 fully saturated rings. The minimum Gasteiger partial charge on any atom is -0.310 e. The first-order valence-electron chi connectivity index (χ1n) is 8.03. The van der Waals surface area contributed by atoms with E-state index in [0.717, 1.165) is 41.7 Å². The molecule has 23 heavy (non-hydrogen) atoms. The van der Waals surface area contributed by atoms with Gasteiger partial charge in [0.2, 0.25) is 5.91 Å². The van der Waals surface area contributed by atoms with Crippen molar-refractivity contribution < 1.29 is 4.79 Å². The number of anilines is 1. The van der Waals surface area contributed by atoms with Crippen molar-refractivity contribution in [1.82, 2.24) is 9.78 Å². The van der Waals surface area contributed by atoms with Crippen LogP contribution in [-0.4, -0.2) is 15.7 Å². The summed E-state index contributed by atoms with van der Waals surface area (Å²) in [5.74, 6) is 0.877. The Morgan fingerprint density at radius 2 is 2.00 bits per heavy atom. The number of aromatic nitrogens is 2. The van der Waals surface area contributed by atoms with Gasteiger partial charge in [0.1, 0.15) is 5.82 Å². The lowest BCUT2D eigenvalue weighted by Crippen LogP contribution is -2.17. The molecule has 0 unspecified atom stereocenters. The van der Waals surface area contributed by atoms with Gasteiger partial charge in [-0.05, 0) is 35.6 Å². The Hall–Kier alpha value is -2.62. The SMILES string of the molecule is Cn1nc2c(c1NC(=O)Cc1cccc3ccccc13)CCC2. The quantitative estimate of drug-likeness (QED) is 0.807. The number of rotatable bonds is 3. The highest BCUT2D eigenvalue weighted by molar-refractivity contribution is 5.96. The Kier molecular flexibility index (Phi) is 3.37. The number of benzene rings is 2. The van der Waals surface area contributed by atoms with Gasteiger partial charge < -0.3 is 5.32 Å². The number of nitrogens with zero attached hydrogens (tertiary/aromatic N) is 2. The van der Waals surface area contributed by atoms with Gasteiger partial charge in [-0.1, -0.05) is 42.5 Å². The number of amides is 1. The van der Waals surface area contributed by atoms with E-state index in [0.29, 0.717) is 6.42 Å². The fourth-order valence-electron chi connectivity index (χ4n) is 3.47. The maximum Gasteiger partial charge on any atom is 0.229 e. The molecule has 0 atom stereocenters. The molecular weight excluding hydrogens is 286 g/mol. The van der Waals surface area contributed by atoms with E-state index in [1.165, 1.54) is 10.9 Å². The summed E-state index contributed by atoms with van der Waals surface area (Å²) in [5.41, 5.74) is 3.39. The van der Waals surface area contributed by atoms with Crippen LogP contribution in [0.25, 0.3) is 10.8 Å². The van der Waals surface area contributed by atoms with Crippen LogP contribution in [-0.2, 0) is 31.1 Å². The zero-order chi connectivity index (χ0) is 15.8. The molecule has 0 radical (unpaired) electrons. The molecule has 4 heteroatoms. The Morgan fingerprint density at radius 3 is 2.91 bits per heavy atom. The minimum absolute atomic E-state index is 0.0130. The van der Waals surface area contributed by atoms with Gasteiger partial charge >= 0.3 is 0 Å². The molecule has 3 aromatic rings. The van der Waals surface area contributed by atoms with Gasteiger partial charge in [-0.2, -0.15) is 5.10 Å². The lowest BCUT2D eigenvalue weighted by Gasteiger charge is -2.09. The molecule has 4 nitrogen and oxygen atoms in total. The number of carbonyl (C=O) groups is 1. The number of aryl methyl sites for hydroxylation is 2. The lowest BCUT2D eigenvalue weighted by molar-refractivity contribution is -0.115. The van der Waals surface area contributed by atoms with E-state index in [-0.39, 0.29) is 5.91 Å². The van der Waals surface area contributed by atoms with Crippen LogP contribution in [0.15, 0.2) is 42.5 Å². The Bertz CT molecular complexity index is 890. The van der Waals surface area contributed by atoms with Gasteiger partial charge in [-0.25, -0.2) is 0 Å². The topological polar surface area (TPSA) is 46.9 Å². The van der Waals surface area contributed by atoms with Crippen molar-refractivity contribution in [3.63, 3.8) is 0 Å². The average molecular weight is 305 g/mol. The van der Waals surface area contributed by atoms with Crippen molar-refractivity contribution in [3.05, 3.63) is 59.3 Å². The van der Waals surface area contributed by atoms with Gasteiger partial charge in [0, 0.05) is 12.6 Å². The van der Waals surface area contributed by atoms with Crippen LogP contribution in [0.5, 0.6) is 0 Å². The highest BCUT2D eigenvalue weighted by atomic mass is 16.1. The number of fused-ring (bicyclic) bond motifs is 2. The van der Waals surface area contributed by atoms with E-state index >= 15 is 0 Å². The molecule has 1 heterocycles. The molecule has 2 aromatic carbocycles. The smallest absolute Gasteiger partial charge is 0.229 e. The molecule has 0 saturated heterocycles. The highest BCUT2D eigenvalue weighted by Crippen LogP contribution is 2.28. The molecule has 4 rings (SSSR count). The number of hydrogen-bond acceptors (Lipinski definition) is 2. The van der Waals surface area contributed by atoms with Crippen LogP contribution in [0.4, 0.5) is 5.82 Å². The molecule has 1 amide bonds. The summed E-state index contributed by atoms with van der Waals surface area (Å²) in [5, 5.41) is 9.87. The standard InChI is InChI=1S/C19H19N3O/c1-22-19(16-10-5-11-17(16)21-22)20-18(23)12-14-8-4-7-13-6-2-3-9-15(13)14/h2-4,6-9H,5,10-12H2,1H3,(H,20,23). The molecule has 116 valence electrons. The highest BCUT2D eigenvalue weighted by Gasteiger charge is 2.22. The van der Waals surface area contributed by atoms with E-state index in [1.807, 2.05) is 31.3 Å². The second-order valence-electron chi connectivity index (χ2n) is 6.11. The fourth-order valence-corrected chi connectivity index (χ4v) is 3.47. The van der Waals surface area contributed by atoms with Crippen LogP contribution in [0.1, 0.15) is 23.2 Å². The van der Waals surface area contributed by atoms with Crippen LogP contribution in [0.3, 0.4) is 0 Å². The fraction of sp³-hybridized carbons (Fsp3) is 0.263. The summed E-state index contributed by atoms with van der Waals surface area (Å²) in [4.78, 5) is 12.5. The molecule has 1 aliphatic carbocycles. The maximum absolute atomic E-state index is 12.5. The van der Waals surface area contributed by atoms with E-state index in [1.54, 1.807) is 4.68 Å². The number of nitrogens with one attached hydrogen (secondary N) is 1. The summed E-state index contributed by atoms with van der Waals surface area (Å²) in [7, 11) is 1.89. The summed E-state index contributed by atoms with van der Waals surface area (Å²) >= 11 is 0. The van der Waals surface area contributed by atoms with Crippen molar-refractivity contribution in [2.24, 2.45) is 7.05 Å². The second-order valence-corrected chi connectivity index (χ2v) is 6.11. The van der Waals surface area contributed by atoms with Gasteiger partial charge in [0.05, 0.1) is 12.1 Å². The Morgan fingerprint density at radius 1 is 1.17 bits per heavy atom. The zero-order valence-corrected chi connectivity index (χ0v) is 13.2. The molecule has 0 saturated carbocycles. The molecule has 1 aromatic heterocycles. The molecule has 0 aliphatic heterocycles. The third kappa shape index (κ3) is 2.50. The minimum atomic E-state index is 0.0130. The molecule has 0 bridgehead atoms. The first kappa shape index (κ1) is 14.0. The molecule has 1 N–H and O–H groups in total. The predicted molar refractivity (Wildman–Crippen MR) is 91.5 cm³/mol. The monoisotopic (exact) mass is 305 g/mol. The van der Waals surface area contributed by atoms with E-state index in [2.05, 4.69) is 28.6 Å². The third-order valence-electron chi connectivity index (χ3n) is 4.56. The maximum atomic E-state index is 12.5. The summed E-state index contributed by atoms with van der Waals surface area (Å²) < 4.78 is 1.80. The van der Waals surface area contributed by atoms with Crippen LogP contribution >= 0.6 is 0 Å². The van der Waals surface area contributed by atoms with Gasteiger partial charge in [-0.15, -0.1) is 0 Å². The normalized spacial score (nSPS) is 13.3. The summed E-state index contributed by atoms with van der Waals surface area (Å²) in [6.45, 7) is 0. The molecular formula is C19H19N3O. The van der Waals surface area contributed by atoms with Crippen LogP contribution in [0, 0.1) is 0 Å². The third-order valence-corrected chi connectivity index (χ3v) is 4.56. The van der Waals surface area contributed by atoms with Crippen molar-refractivity contribution in [3.8, 4) is 0 Å². The number of carbonyl (C=O) groups excluding carboxylic acids is 1. The Balaban J connectivity index is 1.59. The van der Waals surface area contributed by atoms with Crippen molar-refractivity contribution in [2.75, 3.05) is 5.32 Å².